The molecule has 0 saturated heterocycles. The van der Waals surface area contributed by atoms with Crippen LogP contribution < -0.4 is 0 Å². The summed E-state index contributed by atoms with van der Waals surface area (Å²) in [5.74, 6) is -0.176. The first-order valence-electron chi connectivity index (χ1n) is 6.24. The van der Waals surface area contributed by atoms with Gasteiger partial charge in [0.2, 0.25) is 0 Å². The minimum atomic E-state index is -0.103. The van der Waals surface area contributed by atoms with E-state index in [9.17, 15) is 10.2 Å². The number of phenolic OH excluding ortho intramolecular Hbond substituents is 2. The quantitative estimate of drug-likeness (QED) is 0.619. The molecule has 0 spiro atoms. The molecule has 2 rings (SSSR count). The van der Waals surface area contributed by atoms with Crippen LogP contribution >= 0.6 is 31.9 Å². The van der Waals surface area contributed by atoms with Crippen molar-refractivity contribution < 1.29 is 10.2 Å². The van der Waals surface area contributed by atoms with Gasteiger partial charge in [0.15, 0.2) is 11.5 Å². The first-order chi connectivity index (χ1) is 9.27. The zero-order valence-electron chi connectivity index (χ0n) is 11.8. The second kappa shape index (κ2) is 5.41. The number of hydrogen-bond donors (Lipinski definition) is 2. The maximum Gasteiger partial charge on any atom is 0.172 e. The highest BCUT2D eigenvalue weighted by Crippen LogP contribution is 2.47. The minimum Gasteiger partial charge on any atom is -0.504 e. The molecule has 2 aromatic rings. The Bertz CT molecular complexity index is 677. The molecule has 106 valence electrons. The van der Waals surface area contributed by atoms with Crippen LogP contribution in [0.25, 0.3) is 11.1 Å². The monoisotopic (exact) mass is 398 g/mol. The molecule has 0 aliphatic carbocycles. The molecule has 4 heteroatoms. The van der Waals surface area contributed by atoms with E-state index in [2.05, 4.69) is 31.9 Å². The number of hydrogen-bond acceptors (Lipinski definition) is 2. The fraction of sp³-hybridized carbons (Fsp3) is 0.250. The van der Waals surface area contributed by atoms with Gasteiger partial charge in [-0.1, -0.05) is 22.0 Å². The lowest BCUT2D eigenvalue weighted by atomic mass is 9.89. The summed E-state index contributed by atoms with van der Waals surface area (Å²) in [6.45, 7) is 7.85. The van der Waals surface area contributed by atoms with Gasteiger partial charge in [0.05, 0.1) is 4.47 Å². The van der Waals surface area contributed by atoms with Crippen LogP contribution in [0.5, 0.6) is 11.5 Å². The number of benzene rings is 2. The number of aromatic hydroxyl groups is 2. The molecule has 0 unspecified atom stereocenters. The second-order valence-corrected chi connectivity index (χ2v) is 6.65. The molecule has 20 heavy (non-hydrogen) atoms. The van der Waals surface area contributed by atoms with Crippen molar-refractivity contribution in [1.82, 2.24) is 0 Å². The standard InChI is InChI=1S/C16H16Br2O2/c1-7-5-6-11(17)8(2)12(7)13-9(3)14(18)16(20)15(19)10(13)4/h5-6,19-20H,1-4H3. The SMILES string of the molecule is Cc1ccc(Br)c(C)c1-c1c(C)c(O)c(O)c(Br)c1C. The van der Waals surface area contributed by atoms with Crippen LogP contribution in [-0.2, 0) is 0 Å². The Labute approximate surface area is 135 Å². The molecule has 0 aliphatic rings. The Hall–Kier alpha value is -1.00. The molecule has 2 N–H and O–H groups in total. The molecular weight excluding hydrogens is 384 g/mol. The van der Waals surface area contributed by atoms with E-state index in [4.69, 9.17) is 0 Å². The van der Waals surface area contributed by atoms with Gasteiger partial charge in [-0.25, -0.2) is 0 Å². The lowest BCUT2D eigenvalue weighted by molar-refractivity contribution is 0.398. The van der Waals surface area contributed by atoms with Crippen molar-refractivity contribution in [3.63, 3.8) is 0 Å². The van der Waals surface area contributed by atoms with Crippen LogP contribution in [0.2, 0.25) is 0 Å². The molecule has 2 nitrogen and oxygen atoms in total. The number of aryl methyl sites for hydroxylation is 1. The van der Waals surface area contributed by atoms with Crippen LogP contribution in [0.15, 0.2) is 21.1 Å². The maximum atomic E-state index is 10.1. The zero-order valence-corrected chi connectivity index (χ0v) is 15.0. The molecular formula is C16H16Br2O2. The highest BCUT2D eigenvalue weighted by atomic mass is 79.9. The first kappa shape index (κ1) is 15.4. The number of halogens is 2. The van der Waals surface area contributed by atoms with E-state index in [0.29, 0.717) is 10.0 Å². The molecule has 0 fully saturated rings. The van der Waals surface area contributed by atoms with Crippen molar-refractivity contribution >= 4 is 31.9 Å². The summed E-state index contributed by atoms with van der Waals surface area (Å²) in [5.41, 5.74) is 5.91. The van der Waals surface area contributed by atoms with E-state index in [1.165, 1.54) is 0 Å². The molecule has 0 bridgehead atoms. The Morgan fingerprint density at radius 2 is 1.35 bits per heavy atom. The second-order valence-electron chi connectivity index (χ2n) is 5.00. The fourth-order valence-electron chi connectivity index (χ4n) is 2.55. The number of rotatable bonds is 1. The number of phenols is 2. The molecule has 2 aromatic carbocycles. The highest BCUT2D eigenvalue weighted by molar-refractivity contribution is 9.11. The molecule has 0 aromatic heterocycles. The predicted molar refractivity (Wildman–Crippen MR) is 89.6 cm³/mol. The molecule has 0 aliphatic heterocycles. The Morgan fingerprint density at radius 3 is 1.95 bits per heavy atom. The van der Waals surface area contributed by atoms with Gasteiger partial charge in [-0.3, -0.25) is 0 Å². The Morgan fingerprint density at radius 1 is 0.750 bits per heavy atom. The molecule has 0 atom stereocenters. The summed E-state index contributed by atoms with van der Waals surface area (Å²) in [6.07, 6.45) is 0. The summed E-state index contributed by atoms with van der Waals surface area (Å²) in [5, 5.41) is 20.0. The zero-order chi connectivity index (χ0) is 15.2. The largest absolute Gasteiger partial charge is 0.504 e. The van der Waals surface area contributed by atoms with E-state index in [-0.39, 0.29) is 11.5 Å². The third-order valence-electron chi connectivity index (χ3n) is 3.72. The summed E-state index contributed by atoms with van der Waals surface area (Å²) >= 11 is 6.91. The van der Waals surface area contributed by atoms with Crippen molar-refractivity contribution in [2.24, 2.45) is 0 Å². The molecule has 0 heterocycles. The van der Waals surface area contributed by atoms with Crippen molar-refractivity contribution in [3.8, 4) is 22.6 Å². The normalized spacial score (nSPS) is 10.9. The minimum absolute atomic E-state index is 0.0729. The van der Waals surface area contributed by atoms with Crippen LogP contribution in [0.3, 0.4) is 0 Å². The summed E-state index contributed by atoms with van der Waals surface area (Å²) in [4.78, 5) is 0. The maximum absolute atomic E-state index is 10.1. The van der Waals surface area contributed by atoms with Gasteiger partial charge in [0, 0.05) is 10.0 Å². The van der Waals surface area contributed by atoms with E-state index in [0.717, 1.165) is 32.3 Å². The van der Waals surface area contributed by atoms with Crippen molar-refractivity contribution in [3.05, 3.63) is 43.3 Å². The van der Waals surface area contributed by atoms with Gasteiger partial charge < -0.3 is 10.2 Å². The molecule has 0 radical (unpaired) electrons. The van der Waals surface area contributed by atoms with E-state index < -0.39 is 0 Å². The lowest BCUT2D eigenvalue weighted by Crippen LogP contribution is -1.97. The van der Waals surface area contributed by atoms with Gasteiger partial charge >= 0.3 is 0 Å². The van der Waals surface area contributed by atoms with Gasteiger partial charge in [-0.2, -0.15) is 0 Å². The average Bonchev–Trinajstić information content (AvgIpc) is 2.42. The van der Waals surface area contributed by atoms with Crippen molar-refractivity contribution in [2.45, 2.75) is 27.7 Å². The summed E-state index contributed by atoms with van der Waals surface area (Å²) < 4.78 is 1.56. The van der Waals surface area contributed by atoms with Gasteiger partial charge in [0.25, 0.3) is 0 Å². The Kier molecular flexibility index (Phi) is 4.17. The predicted octanol–water partition coefficient (Wildman–Crippen LogP) is 5.52. The van der Waals surface area contributed by atoms with Crippen LogP contribution in [-0.4, -0.2) is 10.2 Å². The van der Waals surface area contributed by atoms with Gasteiger partial charge in [-0.15, -0.1) is 0 Å². The van der Waals surface area contributed by atoms with E-state index in [1.807, 2.05) is 39.8 Å². The van der Waals surface area contributed by atoms with Gasteiger partial charge in [-0.05, 0) is 77.5 Å². The first-order valence-corrected chi connectivity index (χ1v) is 7.82. The lowest BCUT2D eigenvalue weighted by Gasteiger charge is -2.19. The topological polar surface area (TPSA) is 40.5 Å². The fourth-order valence-corrected chi connectivity index (χ4v) is 3.27. The Balaban J connectivity index is 2.95. The van der Waals surface area contributed by atoms with Crippen molar-refractivity contribution in [2.75, 3.05) is 0 Å². The third-order valence-corrected chi connectivity index (χ3v) is 5.55. The van der Waals surface area contributed by atoms with E-state index >= 15 is 0 Å². The smallest absolute Gasteiger partial charge is 0.172 e. The molecule has 0 saturated carbocycles. The summed E-state index contributed by atoms with van der Waals surface area (Å²) in [7, 11) is 0. The van der Waals surface area contributed by atoms with Crippen molar-refractivity contribution in [1.29, 1.82) is 0 Å². The molecule has 0 amide bonds. The van der Waals surface area contributed by atoms with Crippen LogP contribution in [0.4, 0.5) is 0 Å². The summed E-state index contributed by atoms with van der Waals surface area (Å²) in [6, 6.07) is 4.07. The third kappa shape index (κ3) is 2.25. The highest BCUT2D eigenvalue weighted by Gasteiger charge is 2.21. The van der Waals surface area contributed by atoms with Gasteiger partial charge in [0.1, 0.15) is 0 Å². The van der Waals surface area contributed by atoms with E-state index in [1.54, 1.807) is 0 Å². The average molecular weight is 400 g/mol. The van der Waals surface area contributed by atoms with Crippen LogP contribution in [0.1, 0.15) is 22.3 Å². The van der Waals surface area contributed by atoms with Crippen LogP contribution in [0, 0.1) is 27.7 Å².